The summed E-state index contributed by atoms with van der Waals surface area (Å²) in [5.74, 6) is -5.87. The largest absolute Gasteiger partial charge is 0.481 e. The molecule has 1 aromatic rings. The number of aromatic amines is 1. The highest BCUT2D eigenvalue weighted by atomic mass is 16.4. The van der Waals surface area contributed by atoms with Gasteiger partial charge in [0.1, 0.15) is 18.1 Å². The number of amides is 3. The average Bonchev–Trinajstić information content (AvgIpc) is 3.22. The van der Waals surface area contributed by atoms with Crippen molar-refractivity contribution in [2.75, 3.05) is 0 Å². The molecule has 9 N–H and O–H groups in total. The molecule has 0 spiro atoms. The van der Waals surface area contributed by atoms with Crippen molar-refractivity contribution < 1.29 is 39.3 Å². The predicted octanol–water partition coefficient (Wildman–Crippen LogP) is -2.67. The molecule has 14 heteroatoms. The van der Waals surface area contributed by atoms with Gasteiger partial charge in [0.05, 0.1) is 24.9 Å². The van der Waals surface area contributed by atoms with Gasteiger partial charge in [0.2, 0.25) is 17.7 Å². The third kappa shape index (κ3) is 8.86. The van der Waals surface area contributed by atoms with Crippen LogP contribution in [-0.4, -0.2) is 85.2 Å². The highest BCUT2D eigenvalue weighted by Crippen LogP contribution is 2.05. The molecule has 33 heavy (non-hydrogen) atoms. The number of nitrogens with two attached hydrogens (primary N) is 1. The van der Waals surface area contributed by atoms with Gasteiger partial charge in [-0.15, -0.1) is 0 Å². The molecule has 0 aromatic carbocycles. The molecule has 1 aromatic heterocycles. The maximum atomic E-state index is 12.8. The number of imidazole rings is 1. The number of hydrogen-bond acceptors (Lipinski definition) is 8. The van der Waals surface area contributed by atoms with E-state index in [2.05, 4.69) is 25.9 Å². The van der Waals surface area contributed by atoms with Gasteiger partial charge < -0.3 is 42.0 Å². The molecule has 5 atom stereocenters. The SMILES string of the molecule is CC(C)C(N)C(=O)NC(C(=O)NC(Cc1cnc[nH]1)C(=O)NC(CC(=O)O)C(=O)O)C(C)O. The fourth-order valence-electron chi connectivity index (χ4n) is 2.69. The summed E-state index contributed by atoms with van der Waals surface area (Å²) in [6.07, 6.45) is 0.285. The van der Waals surface area contributed by atoms with E-state index in [4.69, 9.17) is 10.8 Å². The lowest BCUT2D eigenvalue weighted by Crippen LogP contribution is -2.60. The maximum Gasteiger partial charge on any atom is 0.326 e. The molecular formula is C19H30N6O8. The summed E-state index contributed by atoms with van der Waals surface area (Å²) < 4.78 is 0. The second kappa shape index (κ2) is 12.5. The molecule has 0 bridgehead atoms. The van der Waals surface area contributed by atoms with Crippen molar-refractivity contribution in [2.24, 2.45) is 11.7 Å². The van der Waals surface area contributed by atoms with Crippen molar-refractivity contribution in [3.63, 3.8) is 0 Å². The quantitative estimate of drug-likeness (QED) is 0.149. The van der Waals surface area contributed by atoms with Crippen LogP contribution in [0.25, 0.3) is 0 Å². The average molecular weight is 470 g/mol. The Labute approximate surface area is 189 Å². The Morgan fingerprint density at radius 3 is 2.06 bits per heavy atom. The number of aliphatic hydroxyl groups excluding tert-OH is 1. The Kier molecular flexibility index (Phi) is 10.4. The highest BCUT2D eigenvalue weighted by molar-refractivity contribution is 5.95. The zero-order valence-electron chi connectivity index (χ0n) is 18.4. The fourth-order valence-corrected chi connectivity index (χ4v) is 2.69. The first-order valence-electron chi connectivity index (χ1n) is 10.1. The minimum atomic E-state index is -1.74. The van der Waals surface area contributed by atoms with Crippen LogP contribution in [0.3, 0.4) is 0 Å². The molecule has 184 valence electrons. The number of aliphatic carboxylic acids is 2. The molecule has 0 aliphatic carbocycles. The number of aliphatic hydroxyl groups is 1. The normalized spacial score (nSPS) is 15.6. The number of carbonyl (C=O) groups is 5. The molecule has 1 rings (SSSR count). The lowest BCUT2D eigenvalue weighted by molar-refractivity contribution is -0.147. The van der Waals surface area contributed by atoms with E-state index in [0.717, 1.165) is 0 Å². The Balaban J connectivity index is 3.06. The third-order valence-electron chi connectivity index (χ3n) is 4.69. The van der Waals surface area contributed by atoms with Gasteiger partial charge in [-0.1, -0.05) is 13.8 Å². The second-order valence-corrected chi connectivity index (χ2v) is 7.84. The van der Waals surface area contributed by atoms with Crippen LogP contribution in [0.1, 0.15) is 32.9 Å². The van der Waals surface area contributed by atoms with Crippen molar-refractivity contribution in [2.45, 2.75) is 63.9 Å². The number of rotatable bonds is 13. The first-order chi connectivity index (χ1) is 15.3. The van der Waals surface area contributed by atoms with Crippen molar-refractivity contribution in [1.82, 2.24) is 25.9 Å². The van der Waals surface area contributed by atoms with Gasteiger partial charge in [0.25, 0.3) is 0 Å². The summed E-state index contributed by atoms with van der Waals surface area (Å²) in [6, 6.07) is -5.54. The van der Waals surface area contributed by atoms with E-state index in [0.29, 0.717) is 5.69 Å². The summed E-state index contributed by atoms with van der Waals surface area (Å²) in [6.45, 7) is 4.65. The number of carboxylic acids is 2. The molecule has 0 radical (unpaired) electrons. The first-order valence-corrected chi connectivity index (χ1v) is 10.1. The van der Waals surface area contributed by atoms with Crippen molar-refractivity contribution >= 4 is 29.7 Å². The van der Waals surface area contributed by atoms with Crippen LogP contribution in [-0.2, 0) is 30.4 Å². The zero-order chi connectivity index (χ0) is 25.3. The van der Waals surface area contributed by atoms with E-state index in [1.165, 1.54) is 19.4 Å². The molecule has 0 saturated carbocycles. The smallest absolute Gasteiger partial charge is 0.326 e. The number of nitrogens with zero attached hydrogens (tertiary/aromatic N) is 1. The van der Waals surface area contributed by atoms with Crippen LogP contribution in [0.15, 0.2) is 12.5 Å². The minimum Gasteiger partial charge on any atom is -0.481 e. The van der Waals surface area contributed by atoms with Crippen LogP contribution in [0, 0.1) is 5.92 Å². The molecule has 0 aliphatic heterocycles. The van der Waals surface area contributed by atoms with Crippen molar-refractivity contribution in [1.29, 1.82) is 0 Å². The Morgan fingerprint density at radius 1 is 1.00 bits per heavy atom. The van der Waals surface area contributed by atoms with Gasteiger partial charge in [-0.05, 0) is 12.8 Å². The molecule has 3 amide bonds. The molecule has 14 nitrogen and oxygen atoms in total. The summed E-state index contributed by atoms with van der Waals surface area (Å²) in [7, 11) is 0. The Bertz CT molecular complexity index is 841. The zero-order valence-corrected chi connectivity index (χ0v) is 18.4. The number of aromatic nitrogens is 2. The topological polar surface area (TPSA) is 237 Å². The molecule has 5 unspecified atom stereocenters. The number of carbonyl (C=O) groups excluding carboxylic acids is 3. The summed E-state index contributed by atoms with van der Waals surface area (Å²) in [5.41, 5.74) is 6.17. The molecule has 0 aliphatic rings. The summed E-state index contributed by atoms with van der Waals surface area (Å²) >= 11 is 0. The van der Waals surface area contributed by atoms with Gasteiger partial charge in [-0.3, -0.25) is 19.2 Å². The monoisotopic (exact) mass is 470 g/mol. The fraction of sp³-hybridized carbons (Fsp3) is 0.579. The van der Waals surface area contributed by atoms with E-state index in [-0.39, 0.29) is 12.3 Å². The molecular weight excluding hydrogens is 440 g/mol. The second-order valence-electron chi connectivity index (χ2n) is 7.84. The van der Waals surface area contributed by atoms with Gasteiger partial charge >= 0.3 is 11.9 Å². The van der Waals surface area contributed by atoms with E-state index in [9.17, 15) is 34.2 Å². The molecule has 0 fully saturated rings. The van der Waals surface area contributed by atoms with Crippen LogP contribution < -0.4 is 21.7 Å². The first kappa shape index (κ1) is 27.5. The molecule has 1 heterocycles. The number of nitrogens with one attached hydrogen (secondary N) is 4. The number of H-pyrrole nitrogens is 1. The predicted molar refractivity (Wildman–Crippen MR) is 112 cm³/mol. The van der Waals surface area contributed by atoms with Crippen molar-refractivity contribution in [3.8, 4) is 0 Å². The number of hydrogen-bond donors (Lipinski definition) is 8. The Morgan fingerprint density at radius 2 is 1.61 bits per heavy atom. The minimum absolute atomic E-state index is 0.164. The van der Waals surface area contributed by atoms with Gasteiger partial charge in [-0.25, -0.2) is 9.78 Å². The standard InChI is InChI=1S/C19H30N6O8/c1-8(2)14(20)17(30)25-15(9(3)26)18(31)23-11(4-10-6-21-7-22-10)16(29)24-12(19(32)33)5-13(27)28/h6-9,11-12,14-15,26H,4-5,20H2,1-3H3,(H,21,22)(H,23,31)(H,24,29)(H,25,30)(H,27,28)(H,32,33). The van der Waals surface area contributed by atoms with E-state index >= 15 is 0 Å². The maximum absolute atomic E-state index is 12.8. The number of carboxylic acid groups (broad SMARTS) is 2. The third-order valence-corrected chi connectivity index (χ3v) is 4.69. The van der Waals surface area contributed by atoms with Gasteiger partial charge in [0.15, 0.2) is 0 Å². The van der Waals surface area contributed by atoms with Crippen LogP contribution >= 0.6 is 0 Å². The van der Waals surface area contributed by atoms with E-state index in [1.54, 1.807) is 13.8 Å². The lowest BCUT2D eigenvalue weighted by atomic mass is 10.0. The Hall–Kier alpha value is -3.52. The van der Waals surface area contributed by atoms with Gasteiger partial charge in [0, 0.05) is 18.3 Å². The van der Waals surface area contributed by atoms with E-state index in [1.807, 2.05) is 0 Å². The van der Waals surface area contributed by atoms with Gasteiger partial charge in [-0.2, -0.15) is 0 Å². The summed E-state index contributed by atoms with van der Waals surface area (Å²) in [4.78, 5) is 66.5. The van der Waals surface area contributed by atoms with Crippen LogP contribution in [0.4, 0.5) is 0 Å². The van der Waals surface area contributed by atoms with Crippen molar-refractivity contribution in [3.05, 3.63) is 18.2 Å². The summed E-state index contributed by atoms with van der Waals surface area (Å²) in [5, 5.41) is 34.8. The van der Waals surface area contributed by atoms with E-state index < -0.39 is 66.4 Å². The highest BCUT2D eigenvalue weighted by Gasteiger charge is 2.33. The molecule has 0 saturated heterocycles. The van der Waals surface area contributed by atoms with Crippen LogP contribution in [0.2, 0.25) is 0 Å². The van der Waals surface area contributed by atoms with Crippen LogP contribution in [0.5, 0.6) is 0 Å². The lowest BCUT2D eigenvalue weighted by Gasteiger charge is -2.26.